The van der Waals surface area contributed by atoms with Crippen LogP contribution in [0.4, 0.5) is 11.5 Å². The molecule has 1 aromatic carbocycles. The van der Waals surface area contributed by atoms with Gasteiger partial charge < -0.3 is 20.1 Å². The van der Waals surface area contributed by atoms with Crippen LogP contribution in [0.15, 0.2) is 53.2 Å². The molecule has 1 aliphatic rings. The molecule has 8 nitrogen and oxygen atoms in total. The summed E-state index contributed by atoms with van der Waals surface area (Å²) in [5.74, 6) is 1.17. The Balaban J connectivity index is 1.28. The van der Waals surface area contributed by atoms with Gasteiger partial charge in [0, 0.05) is 23.4 Å². The minimum absolute atomic E-state index is 0.180. The highest BCUT2D eigenvalue weighted by Gasteiger charge is 2.21. The van der Waals surface area contributed by atoms with Crippen molar-refractivity contribution in [2.75, 3.05) is 30.3 Å². The normalized spacial score (nSPS) is 15.0. The number of nitrogens with zero attached hydrogens (tertiary/aromatic N) is 3. The fourth-order valence-electron chi connectivity index (χ4n) is 4.32. The van der Waals surface area contributed by atoms with E-state index in [1.807, 2.05) is 45.2 Å². The van der Waals surface area contributed by atoms with Crippen LogP contribution in [0.1, 0.15) is 73.8 Å². The minimum atomic E-state index is -0.256. The van der Waals surface area contributed by atoms with Crippen molar-refractivity contribution in [3.05, 3.63) is 71.2 Å². The maximum absolute atomic E-state index is 12.7. The highest BCUT2D eigenvalue weighted by molar-refractivity contribution is 6.02. The number of carbonyl (C=O) groups excluding carboxylic acids is 2. The summed E-state index contributed by atoms with van der Waals surface area (Å²) in [5, 5.41) is 9.55. The van der Waals surface area contributed by atoms with E-state index in [4.69, 9.17) is 4.52 Å². The van der Waals surface area contributed by atoms with Crippen LogP contribution < -0.4 is 10.6 Å². The molecule has 3 aromatic rings. The van der Waals surface area contributed by atoms with Gasteiger partial charge in [-0.1, -0.05) is 51.1 Å². The number of benzene rings is 1. The summed E-state index contributed by atoms with van der Waals surface area (Å²) >= 11 is 0. The van der Waals surface area contributed by atoms with Gasteiger partial charge in [-0.2, -0.15) is 0 Å². The van der Waals surface area contributed by atoms with Gasteiger partial charge in [-0.25, -0.2) is 0 Å². The van der Waals surface area contributed by atoms with E-state index in [1.165, 1.54) is 5.56 Å². The van der Waals surface area contributed by atoms with Crippen molar-refractivity contribution in [2.24, 2.45) is 0 Å². The van der Waals surface area contributed by atoms with Crippen LogP contribution in [0.2, 0.25) is 0 Å². The highest BCUT2D eigenvalue weighted by Crippen LogP contribution is 2.27. The number of carbonyl (C=O) groups is 2. The number of hydrogen-bond acceptors (Lipinski definition) is 6. The van der Waals surface area contributed by atoms with Gasteiger partial charge in [0.2, 0.25) is 5.91 Å². The number of nitrogens with one attached hydrogen (secondary N) is 2. The number of pyridine rings is 1. The molecule has 1 saturated heterocycles. The molecule has 190 valence electrons. The fourth-order valence-corrected chi connectivity index (χ4v) is 4.32. The average molecular weight is 490 g/mol. The summed E-state index contributed by atoms with van der Waals surface area (Å²) in [4.78, 5) is 31.9. The number of piperidine rings is 1. The average Bonchev–Trinajstić information content (AvgIpc) is 3.34. The molecule has 3 heterocycles. The lowest BCUT2D eigenvalue weighted by molar-refractivity contribution is -0.115. The lowest BCUT2D eigenvalue weighted by Gasteiger charge is -2.31. The molecule has 8 heteroatoms. The quantitative estimate of drug-likeness (QED) is 0.484. The number of hydrogen-bond donors (Lipinski definition) is 2. The monoisotopic (exact) mass is 489 g/mol. The van der Waals surface area contributed by atoms with E-state index in [2.05, 4.69) is 32.6 Å². The molecule has 2 amide bonds. The van der Waals surface area contributed by atoms with Gasteiger partial charge >= 0.3 is 0 Å². The van der Waals surface area contributed by atoms with Crippen LogP contribution in [0.5, 0.6) is 0 Å². The predicted octanol–water partition coefficient (Wildman–Crippen LogP) is 5.00. The van der Waals surface area contributed by atoms with E-state index >= 15 is 0 Å². The van der Waals surface area contributed by atoms with Gasteiger partial charge in [0.1, 0.15) is 11.5 Å². The molecule has 0 saturated carbocycles. The van der Waals surface area contributed by atoms with Crippen molar-refractivity contribution in [1.29, 1.82) is 0 Å². The number of anilines is 2. The summed E-state index contributed by atoms with van der Waals surface area (Å²) in [6.07, 6.45) is 4.28. The molecule has 0 aliphatic carbocycles. The molecule has 2 aromatic heterocycles. The molecule has 2 N–H and O–H groups in total. The highest BCUT2D eigenvalue weighted by atomic mass is 16.5. The Kier molecular flexibility index (Phi) is 7.84. The summed E-state index contributed by atoms with van der Waals surface area (Å²) in [5.41, 5.74) is 2.87. The van der Waals surface area contributed by atoms with Gasteiger partial charge in [-0.3, -0.25) is 14.6 Å². The van der Waals surface area contributed by atoms with E-state index in [9.17, 15) is 9.59 Å². The summed E-state index contributed by atoms with van der Waals surface area (Å²) in [6, 6.07) is 12.8. The molecule has 1 fully saturated rings. The number of amides is 2. The third-order valence-corrected chi connectivity index (χ3v) is 6.62. The predicted molar refractivity (Wildman–Crippen MR) is 140 cm³/mol. The van der Waals surface area contributed by atoms with Crippen molar-refractivity contribution < 1.29 is 14.1 Å². The second kappa shape index (κ2) is 11.0. The molecule has 0 bridgehead atoms. The lowest BCUT2D eigenvalue weighted by Crippen LogP contribution is -2.32. The zero-order valence-electron chi connectivity index (χ0n) is 21.5. The maximum Gasteiger partial charge on any atom is 0.274 e. The van der Waals surface area contributed by atoms with Crippen LogP contribution >= 0.6 is 0 Å². The molecule has 4 rings (SSSR count). The Hall–Kier alpha value is -3.52. The molecular formula is C28H35N5O3. The number of rotatable bonds is 7. The summed E-state index contributed by atoms with van der Waals surface area (Å²) in [6.45, 7) is 11.6. The Labute approximate surface area is 212 Å². The standard InChI is InChI=1S/C28H35N5O3/c1-5-33-14-12-20(13-15-33)21-8-11-23(29-18-21)27(35)30-22-9-6-19(7-10-22)16-26(34)31-25-17-24(36-32-25)28(2,3)4/h6-11,17-18,20H,5,12-16H2,1-4H3,(H,30,35)(H,31,32,34). The third-order valence-electron chi connectivity index (χ3n) is 6.62. The topological polar surface area (TPSA) is 100 Å². The summed E-state index contributed by atoms with van der Waals surface area (Å²) < 4.78 is 5.30. The molecule has 0 unspecified atom stereocenters. The fraction of sp³-hybridized carbons (Fsp3) is 0.429. The van der Waals surface area contributed by atoms with Crippen LogP contribution in [0, 0.1) is 0 Å². The van der Waals surface area contributed by atoms with E-state index in [-0.39, 0.29) is 23.7 Å². The van der Waals surface area contributed by atoms with Crippen molar-refractivity contribution in [3.63, 3.8) is 0 Å². The smallest absolute Gasteiger partial charge is 0.274 e. The lowest BCUT2D eigenvalue weighted by atomic mass is 9.90. The first-order valence-corrected chi connectivity index (χ1v) is 12.6. The van der Waals surface area contributed by atoms with Gasteiger partial charge in [-0.15, -0.1) is 0 Å². The number of likely N-dealkylation sites (tertiary alicyclic amines) is 1. The molecular weight excluding hydrogens is 454 g/mol. The Morgan fingerprint density at radius 1 is 1.06 bits per heavy atom. The van der Waals surface area contributed by atoms with Crippen molar-refractivity contribution in [1.82, 2.24) is 15.0 Å². The van der Waals surface area contributed by atoms with Crippen molar-refractivity contribution in [3.8, 4) is 0 Å². The molecule has 0 radical (unpaired) electrons. The van der Waals surface area contributed by atoms with Crippen molar-refractivity contribution in [2.45, 2.75) is 58.3 Å². The van der Waals surface area contributed by atoms with Crippen LogP contribution in [0.3, 0.4) is 0 Å². The van der Waals surface area contributed by atoms with Gasteiger partial charge in [0.05, 0.1) is 6.42 Å². The molecule has 0 spiro atoms. The van der Waals surface area contributed by atoms with Gasteiger partial charge in [0.15, 0.2) is 5.82 Å². The maximum atomic E-state index is 12.7. The Morgan fingerprint density at radius 3 is 2.36 bits per heavy atom. The van der Waals surface area contributed by atoms with Gasteiger partial charge in [0.25, 0.3) is 5.91 Å². The van der Waals surface area contributed by atoms with Crippen molar-refractivity contribution >= 4 is 23.3 Å². The van der Waals surface area contributed by atoms with E-state index < -0.39 is 0 Å². The van der Waals surface area contributed by atoms with Crippen LogP contribution in [-0.2, 0) is 16.6 Å². The summed E-state index contributed by atoms with van der Waals surface area (Å²) in [7, 11) is 0. The molecule has 0 atom stereocenters. The van der Waals surface area contributed by atoms with Crippen LogP contribution in [0.25, 0.3) is 0 Å². The molecule has 36 heavy (non-hydrogen) atoms. The van der Waals surface area contributed by atoms with Gasteiger partial charge in [-0.05, 0) is 67.7 Å². The first kappa shape index (κ1) is 25.6. The van der Waals surface area contributed by atoms with E-state index in [1.54, 1.807) is 24.3 Å². The minimum Gasteiger partial charge on any atom is -0.359 e. The van der Waals surface area contributed by atoms with Crippen LogP contribution in [-0.4, -0.2) is 46.5 Å². The SMILES string of the molecule is CCN1CCC(c2ccc(C(=O)Nc3ccc(CC(=O)Nc4cc(C(C)(C)C)on4)cc3)nc2)CC1. The second-order valence-electron chi connectivity index (χ2n) is 10.4. The molecule has 1 aliphatic heterocycles. The first-order valence-electron chi connectivity index (χ1n) is 12.6. The first-order chi connectivity index (χ1) is 17.2. The number of aromatic nitrogens is 2. The Morgan fingerprint density at radius 2 is 1.78 bits per heavy atom. The van der Waals surface area contributed by atoms with E-state index in [0.29, 0.717) is 28.9 Å². The third kappa shape index (κ3) is 6.57. The Bertz CT molecular complexity index is 1170. The van der Waals surface area contributed by atoms with E-state index in [0.717, 1.165) is 38.0 Å². The zero-order valence-corrected chi connectivity index (χ0v) is 21.5. The second-order valence-corrected chi connectivity index (χ2v) is 10.4. The zero-order chi connectivity index (χ0) is 25.7. The largest absolute Gasteiger partial charge is 0.359 e.